The summed E-state index contributed by atoms with van der Waals surface area (Å²) in [5.74, 6) is -0.843. The van der Waals surface area contributed by atoms with Crippen LogP contribution < -0.4 is 10.0 Å². The van der Waals surface area contributed by atoms with E-state index in [1.807, 2.05) is 12.1 Å². The Morgan fingerprint density at radius 2 is 1.76 bits per heavy atom. The third kappa shape index (κ3) is 7.33. The molecule has 2 atom stereocenters. The van der Waals surface area contributed by atoms with Crippen molar-refractivity contribution in [1.82, 2.24) is 14.9 Å². The lowest BCUT2D eigenvalue weighted by Gasteiger charge is -2.30. The SMILES string of the molecule is Cc1ccc(S(=O)(=O)N[C@H](CC(=O)N[C@@H]2CCCc3cc(CN4CCCCC4)ccc32)C(F)(F)F)cc1. The minimum absolute atomic E-state index is 0.283. The Morgan fingerprint density at radius 1 is 1.05 bits per heavy atom. The number of likely N-dealkylation sites (tertiary alicyclic amines) is 1. The standard InChI is InChI=1S/C27H34F3N3O3S/c1-19-8-11-22(12-9-19)37(35,36)32-25(27(28,29)30)17-26(34)31-24-7-5-6-21-16-20(10-13-23(21)24)18-33-14-3-2-4-15-33/h8-13,16,24-25,32H,2-7,14-15,17-18H2,1H3,(H,31,34)/t24-,25-/m1/s1. The lowest BCUT2D eigenvalue weighted by molar-refractivity contribution is -0.158. The van der Waals surface area contributed by atoms with Gasteiger partial charge in [-0.2, -0.15) is 17.9 Å². The van der Waals surface area contributed by atoms with E-state index >= 15 is 0 Å². The first-order chi connectivity index (χ1) is 17.5. The number of nitrogens with zero attached hydrogens (tertiary/aromatic N) is 1. The van der Waals surface area contributed by atoms with Gasteiger partial charge in [0.2, 0.25) is 15.9 Å². The number of amides is 1. The van der Waals surface area contributed by atoms with Gasteiger partial charge in [0, 0.05) is 6.54 Å². The molecule has 2 aliphatic rings. The molecule has 0 unspecified atom stereocenters. The van der Waals surface area contributed by atoms with Crippen LogP contribution in [0.15, 0.2) is 47.4 Å². The smallest absolute Gasteiger partial charge is 0.349 e. The van der Waals surface area contributed by atoms with Gasteiger partial charge in [0.15, 0.2) is 0 Å². The summed E-state index contributed by atoms with van der Waals surface area (Å²) < 4.78 is 68.0. The van der Waals surface area contributed by atoms with Gasteiger partial charge in [-0.1, -0.05) is 42.3 Å². The molecule has 0 saturated carbocycles. The number of carbonyl (C=O) groups is 1. The number of sulfonamides is 1. The molecular formula is C27H34F3N3O3S. The molecule has 0 aromatic heterocycles. The highest BCUT2D eigenvalue weighted by molar-refractivity contribution is 7.89. The highest BCUT2D eigenvalue weighted by Crippen LogP contribution is 2.32. The van der Waals surface area contributed by atoms with Crippen LogP contribution >= 0.6 is 0 Å². The van der Waals surface area contributed by atoms with Crippen LogP contribution in [0.25, 0.3) is 0 Å². The maximum absolute atomic E-state index is 13.7. The number of alkyl halides is 3. The molecule has 2 aromatic rings. The number of hydrogen-bond acceptors (Lipinski definition) is 4. The van der Waals surface area contributed by atoms with Crippen molar-refractivity contribution >= 4 is 15.9 Å². The quantitative estimate of drug-likeness (QED) is 0.509. The van der Waals surface area contributed by atoms with Crippen LogP contribution in [0.4, 0.5) is 13.2 Å². The van der Waals surface area contributed by atoms with Crippen molar-refractivity contribution < 1.29 is 26.4 Å². The molecule has 37 heavy (non-hydrogen) atoms. The van der Waals surface area contributed by atoms with Gasteiger partial charge >= 0.3 is 6.18 Å². The minimum Gasteiger partial charge on any atom is -0.349 e. The number of hydrogen-bond donors (Lipinski definition) is 2. The molecule has 0 radical (unpaired) electrons. The van der Waals surface area contributed by atoms with E-state index in [2.05, 4.69) is 16.3 Å². The first-order valence-corrected chi connectivity index (χ1v) is 14.3. The third-order valence-corrected chi connectivity index (χ3v) is 8.61. The van der Waals surface area contributed by atoms with Gasteiger partial charge < -0.3 is 5.32 Å². The lowest BCUT2D eigenvalue weighted by Crippen LogP contribution is -2.48. The highest BCUT2D eigenvalue weighted by atomic mass is 32.2. The minimum atomic E-state index is -4.93. The van der Waals surface area contributed by atoms with Gasteiger partial charge in [0.05, 0.1) is 17.4 Å². The first-order valence-electron chi connectivity index (χ1n) is 12.8. The maximum Gasteiger partial charge on any atom is 0.405 e. The predicted octanol–water partition coefficient (Wildman–Crippen LogP) is 4.77. The Bertz CT molecular complexity index is 1190. The van der Waals surface area contributed by atoms with Crippen molar-refractivity contribution in [2.24, 2.45) is 0 Å². The molecule has 6 nitrogen and oxygen atoms in total. The second kappa shape index (κ2) is 11.5. The van der Waals surface area contributed by atoms with Gasteiger partial charge in [-0.3, -0.25) is 9.69 Å². The number of rotatable bonds is 8. The highest BCUT2D eigenvalue weighted by Gasteiger charge is 2.44. The zero-order chi connectivity index (χ0) is 26.6. The van der Waals surface area contributed by atoms with Crippen LogP contribution in [0.2, 0.25) is 0 Å². The molecule has 1 saturated heterocycles. The topological polar surface area (TPSA) is 78.5 Å². The summed E-state index contributed by atoms with van der Waals surface area (Å²) in [7, 11) is -4.46. The van der Waals surface area contributed by atoms with Crippen molar-refractivity contribution in [2.45, 2.75) is 81.6 Å². The second-order valence-electron chi connectivity index (χ2n) is 10.1. The van der Waals surface area contributed by atoms with Crippen molar-refractivity contribution in [1.29, 1.82) is 0 Å². The zero-order valence-electron chi connectivity index (χ0n) is 21.0. The molecule has 202 valence electrons. The van der Waals surface area contributed by atoms with Crippen LogP contribution in [-0.2, 0) is 27.8 Å². The molecular weight excluding hydrogens is 503 g/mol. The van der Waals surface area contributed by atoms with Gasteiger partial charge in [0.25, 0.3) is 0 Å². The van der Waals surface area contributed by atoms with Crippen molar-refractivity contribution in [3.8, 4) is 0 Å². The van der Waals surface area contributed by atoms with E-state index in [-0.39, 0.29) is 4.90 Å². The number of halogens is 3. The Balaban J connectivity index is 1.42. The van der Waals surface area contributed by atoms with Gasteiger partial charge in [0.1, 0.15) is 6.04 Å². The van der Waals surface area contributed by atoms with E-state index in [0.29, 0.717) is 6.42 Å². The molecule has 10 heteroatoms. The maximum atomic E-state index is 13.7. The van der Waals surface area contributed by atoms with E-state index in [4.69, 9.17) is 0 Å². The number of aryl methyl sites for hydroxylation is 2. The molecule has 1 fully saturated rings. The summed E-state index contributed by atoms with van der Waals surface area (Å²) in [4.78, 5) is 14.9. The van der Waals surface area contributed by atoms with Crippen LogP contribution in [0.5, 0.6) is 0 Å². The van der Waals surface area contributed by atoms with E-state index in [1.165, 1.54) is 49.1 Å². The van der Waals surface area contributed by atoms with Crippen molar-refractivity contribution in [3.63, 3.8) is 0 Å². The fraction of sp³-hybridized carbons (Fsp3) is 0.519. The molecule has 0 spiro atoms. The molecule has 4 rings (SSSR count). The van der Waals surface area contributed by atoms with Gasteiger partial charge in [-0.05, 0) is 80.9 Å². The lowest BCUT2D eigenvalue weighted by atomic mass is 9.86. The monoisotopic (exact) mass is 537 g/mol. The number of piperidine rings is 1. The van der Waals surface area contributed by atoms with Crippen LogP contribution in [-0.4, -0.2) is 44.5 Å². The predicted molar refractivity (Wildman–Crippen MR) is 135 cm³/mol. The summed E-state index contributed by atoms with van der Waals surface area (Å²) in [6.45, 7) is 4.79. The van der Waals surface area contributed by atoms with Crippen LogP contribution in [0, 0.1) is 6.92 Å². The summed E-state index contributed by atoms with van der Waals surface area (Å²) >= 11 is 0. The summed E-state index contributed by atoms with van der Waals surface area (Å²) in [6.07, 6.45) is 0.0142. The van der Waals surface area contributed by atoms with E-state index in [0.717, 1.165) is 49.2 Å². The number of carbonyl (C=O) groups excluding carboxylic acids is 1. The van der Waals surface area contributed by atoms with Crippen molar-refractivity contribution in [3.05, 3.63) is 64.7 Å². The van der Waals surface area contributed by atoms with E-state index in [9.17, 15) is 26.4 Å². The average Bonchev–Trinajstić information content (AvgIpc) is 2.84. The number of fused-ring (bicyclic) bond motifs is 1. The molecule has 1 aliphatic carbocycles. The molecule has 2 aromatic carbocycles. The fourth-order valence-electron chi connectivity index (χ4n) is 5.13. The van der Waals surface area contributed by atoms with E-state index in [1.54, 1.807) is 11.6 Å². The molecule has 1 aliphatic heterocycles. The van der Waals surface area contributed by atoms with Crippen LogP contribution in [0.1, 0.15) is 66.8 Å². The number of nitrogens with one attached hydrogen (secondary N) is 2. The second-order valence-corrected chi connectivity index (χ2v) is 11.8. The fourth-order valence-corrected chi connectivity index (χ4v) is 6.35. The van der Waals surface area contributed by atoms with Crippen molar-refractivity contribution in [2.75, 3.05) is 13.1 Å². The average molecular weight is 538 g/mol. The van der Waals surface area contributed by atoms with E-state index < -0.39 is 40.6 Å². The largest absolute Gasteiger partial charge is 0.405 e. The summed E-state index contributed by atoms with van der Waals surface area (Å²) in [5, 5.41) is 2.73. The Labute approximate surface area is 216 Å². The summed E-state index contributed by atoms with van der Waals surface area (Å²) in [6, 6.07) is 8.71. The van der Waals surface area contributed by atoms with Gasteiger partial charge in [-0.15, -0.1) is 0 Å². The zero-order valence-corrected chi connectivity index (χ0v) is 21.8. The van der Waals surface area contributed by atoms with Crippen LogP contribution in [0.3, 0.4) is 0 Å². The molecule has 2 N–H and O–H groups in total. The third-order valence-electron chi connectivity index (χ3n) is 7.13. The molecule has 0 bridgehead atoms. The molecule has 1 heterocycles. The Kier molecular flexibility index (Phi) is 8.60. The summed E-state index contributed by atoms with van der Waals surface area (Å²) in [5.41, 5.74) is 4.01. The Hall–Kier alpha value is -2.43. The Morgan fingerprint density at radius 3 is 2.43 bits per heavy atom. The first kappa shape index (κ1) is 27.6. The molecule has 1 amide bonds. The van der Waals surface area contributed by atoms with Gasteiger partial charge in [-0.25, -0.2) is 8.42 Å². The normalized spacial score (nSPS) is 19.7. The number of benzene rings is 2.